The summed E-state index contributed by atoms with van der Waals surface area (Å²) in [5, 5.41) is 3.56. The van der Waals surface area contributed by atoms with Crippen LogP contribution in [0, 0.1) is 11.6 Å². The molecule has 0 bridgehead atoms. The van der Waals surface area contributed by atoms with E-state index in [1.807, 2.05) is 6.92 Å². The Labute approximate surface area is 144 Å². The first-order chi connectivity index (χ1) is 9.93. The molecule has 0 aliphatic rings. The predicted octanol–water partition coefficient (Wildman–Crippen LogP) is 5.84. The van der Waals surface area contributed by atoms with E-state index in [9.17, 15) is 8.78 Å². The van der Waals surface area contributed by atoms with Crippen LogP contribution in [0.15, 0.2) is 39.3 Å². The average Bonchev–Trinajstić information content (AvgIpc) is 2.44. The Balaban J connectivity index is 2.52. The Hall–Kier alpha value is -0.490. The van der Waals surface area contributed by atoms with E-state index in [-0.39, 0.29) is 5.82 Å². The SMILES string of the molecule is CCNC(c1ccc(Br)c(F)c1)c1cc(Cl)c(Br)cc1F. The molecule has 0 spiro atoms. The molecule has 0 amide bonds. The Morgan fingerprint density at radius 2 is 1.81 bits per heavy atom. The van der Waals surface area contributed by atoms with Gasteiger partial charge >= 0.3 is 0 Å². The van der Waals surface area contributed by atoms with Crippen molar-refractivity contribution in [3.8, 4) is 0 Å². The zero-order valence-corrected chi connectivity index (χ0v) is 15.0. The number of benzene rings is 2. The lowest BCUT2D eigenvalue weighted by Gasteiger charge is -2.20. The predicted molar refractivity (Wildman–Crippen MR) is 88.7 cm³/mol. The molecule has 2 rings (SSSR count). The smallest absolute Gasteiger partial charge is 0.137 e. The number of hydrogen-bond donors (Lipinski definition) is 1. The van der Waals surface area contributed by atoms with Gasteiger partial charge in [-0.2, -0.15) is 0 Å². The summed E-state index contributed by atoms with van der Waals surface area (Å²) in [6.45, 7) is 2.51. The molecule has 0 heterocycles. The fourth-order valence-corrected chi connectivity index (χ4v) is 2.80. The Kier molecular flexibility index (Phi) is 5.77. The molecule has 1 nitrogen and oxygen atoms in total. The molecule has 2 aromatic rings. The van der Waals surface area contributed by atoms with Gasteiger partial charge in [-0.1, -0.05) is 24.6 Å². The number of halogens is 5. The van der Waals surface area contributed by atoms with Crippen LogP contribution in [0.1, 0.15) is 24.1 Å². The minimum Gasteiger partial charge on any atom is -0.306 e. The largest absolute Gasteiger partial charge is 0.306 e. The van der Waals surface area contributed by atoms with Gasteiger partial charge in [0.15, 0.2) is 0 Å². The van der Waals surface area contributed by atoms with Gasteiger partial charge < -0.3 is 5.32 Å². The van der Waals surface area contributed by atoms with E-state index in [4.69, 9.17) is 11.6 Å². The van der Waals surface area contributed by atoms with Crippen molar-refractivity contribution < 1.29 is 8.78 Å². The maximum atomic E-state index is 14.2. The van der Waals surface area contributed by atoms with Crippen LogP contribution >= 0.6 is 43.5 Å². The van der Waals surface area contributed by atoms with Crippen molar-refractivity contribution in [2.24, 2.45) is 0 Å². The monoisotopic (exact) mass is 437 g/mol. The number of nitrogens with one attached hydrogen (secondary N) is 1. The van der Waals surface area contributed by atoms with Crippen LogP contribution in [0.4, 0.5) is 8.78 Å². The number of hydrogen-bond acceptors (Lipinski definition) is 1. The fraction of sp³-hybridized carbons (Fsp3) is 0.200. The lowest BCUT2D eigenvalue weighted by atomic mass is 9.98. The van der Waals surface area contributed by atoms with Crippen molar-refractivity contribution in [2.75, 3.05) is 6.54 Å². The van der Waals surface area contributed by atoms with Crippen molar-refractivity contribution in [3.63, 3.8) is 0 Å². The van der Waals surface area contributed by atoms with E-state index in [1.54, 1.807) is 18.2 Å². The lowest BCUT2D eigenvalue weighted by molar-refractivity contribution is 0.553. The normalized spacial score (nSPS) is 12.5. The standard InChI is InChI=1S/C15H12Br2ClF2N/c1-2-21-15(8-3-4-10(16)14(20)5-8)9-6-12(18)11(17)7-13(9)19/h3-7,15,21H,2H2,1H3. The van der Waals surface area contributed by atoms with Crippen molar-refractivity contribution in [1.82, 2.24) is 5.32 Å². The van der Waals surface area contributed by atoms with Crippen molar-refractivity contribution in [1.29, 1.82) is 0 Å². The van der Waals surface area contributed by atoms with E-state index < -0.39 is 11.9 Å². The molecule has 0 saturated carbocycles. The molecule has 6 heteroatoms. The maximum absolute atomic E-state index is 14.2. The second-order valence-corrected chi connectivity index (χ2v) is 6.57. The average molecular weight is 440 g/mol. The van der Waals surface area contributed by atoms with Crippen LogP contribution in [-0.4, -0.2) is 6.54 Å². The second-order valence-electron chi connectivity index (χ2n) is 4.45. The summed E-state index contributed by atoms with van der Waals surface area (Å²) in [5.41, 5.74) is 1.02. The molecule has 1 N–H and O–H groups in total. The fourth-order valence-electron chi connectivity index (χ4n) is 2.06. The molecule has 1 atom stereocenters. The summed E-state index contributed by atoms with van der Waals surface area (Å²) in [6.07, 6.45) is 0. The van der Waals surface area contributed by atoms with Crippen LogP contribution < -0.4 is 5.32 Å². The van der Waals surface area contributed by atoms with Gasteiger partial charge in [-0.15, -0.1) is 0 Å². The molecule has 112 valence electrons. The van der Waals surface area contributed by atoms with Crippen LogP contribution in [0.25, 0.3) is 0 Å². The van der Waals surface area contributed by atoms with Crippen molar-refractivity contribution in [3.05, 3.63) is 67.1 Å². The van der Waals surface area contributed by atoms with Crippen LogP contribution in [0.5, 0.6) is 0 Å². The van der Waals surface area contributed by atoms with Crippen LogP contribution in [0.2, 0.25) is 5.02 Å². The summed E-state index contributed by atoms with van der Waals surface area (Å²) >= 11 is 12.4. The minimum absolute atomic E-state index is 0.371. The molecule has 21 heavy (non-hydrogen) atoms. The highest BCUT2D eigenvalue weighted by molar-refractivity contribution is 9.10. The van der Waals surface area contributed by atoms with Crippen molar-refractivity contribution in [2.45, 2.75) is 13.0 Å². The van der Waals surface area contributed by atoms with Gasteiger partial charge in [-0.25, -0.2) is 8.78 Å². The summed E-state index contributed by atoms with van der Waals surface area (Å²) in [4.78, 5) is 0. The van der Waals surface area contributed by atoms with Gasteiger partial charge in [-0.3, -0.25) is 0 Å². The molecule has 1 unspecified atom stereocenters. The van der Waals surface area contributed by atoms with Crippen LogP contribution in [0.3, 0.4) is 0 Å². The maximum Gasteiger partial charge on any atom is 0.137 e. The molecule has 0 aliphatic heterocycles. The molecule has 2 aromatic carbocycles. The zero-order valence-electron chi connectivity index (χ0n) is 11.1. The third kappa shape index (κ3) is 3.83. The first kappa shape index (κ1) is 16.9. The lowest BCUT2D eigenvalue weighted by Crippen LogP contribution is -2.23. The molecular weight excluding hydrogens is 427 g/mol. The summed E-state index contributed by atoms with van der Waals surface area (Å²) in [5.74, 6) is -0.792. The molecule has 0 aromatic heterocycles. The van der Waals surface area contributed by atoms with Gasteiger partial charge in [0.2, 0.25) is 0 Å². The van der Waals surface area contributed by atoms with Crippen molar-refractivity contribution >= 4 is 43.5 Å². The first-order valence-electron chi connectivity index (χ1n) is 6.26. The third-order valence-corrected chi connectivity index (χ3v) is 4.88. The van der Waals surface area contributed by atoms with E-state index in [2.05, 4.69) is 37.2 Å². The quantitative estimate of drug-likeness (QED) is 0.590. The summed E-state index contributed by atoms with van der Waals surface area (Å²) in [6, 6.07) is 7.13. The van der Waals surface area contributed by atoms with Gasteiger partial charge in [-0.05, 0) is 68.2 Å². The zero-order chi connectivity index (χ0) is 15.6. The molecule has 0 fully saturated rings. The molecule has 0 saturated heterocycles. The summed E-state index contributed by atoms with van der Waals surface area (Å²) < 4.78 is 28.8. The molecule has 0 aliphatic carbocycles. The van der Waals surface area contributed by atoms with Gasteiger partial charge in [0.05, 0.1) is 15.5 Å². The molecule has 0 radical (unpaired) electrons. The van der Waals surface area contributed by atoms with E-state index >= 15 is 0 Å². The van der Waals surface area contributed by atoms with Gasteiger partial charge in [0.25, 0.3) is 0 Å². The van der Waals surface area contributed by atoms with Gasteiger partial charge in [0, 0.05) is 10.0 Å². The second kappa shape index (κ2) is 7.18. The highest BCUT2D eigenvalue weighted by Gasteiger charge is 2.19. The van der Waals surface area contributed by atoms with E-state index in [0.717, 1.165) is 0 Å². The van der Waals surface area contributed by atoms with E-state index in [1.165, 1.54) is 12.1 Å². The topological polar surface area (TPSA) is 12.0 Å². The highest BCUT2D eigenvalue weighted by atomic mass is 79.9. The molecular formula is C15H12Br2ClF2N. The Bertz CT molecular complexity index is 664. The van der Waals surface area contributed by atoms with Gasteiger partial charge in [0.1, 0.15) is 11.6 Å². The summed E-state index contributed by atoms with van der Waals surface area (Å²) in [7, 11) is 0. The Morgan fingerprint density at radius 1 is 1.10 bits per heavy atom. The Morgan fingerprint density at radius 3 is 2.43 bits per heavy atom. The van der Waals surface area contributed by atoms with Crippen LogP contribution in [-0.2, 0) is 0 Å². The minimum atomic E-state index is -0.469. The number of rotatable bonds is 4. The third-order valence-electron chi connectivity index (χ3n) is 3.04. The highest BCUT2D eigenvalue weighted by Crippen LogP contribution is 2.32. The first-order valence-corrected chi connectivity index (χ1v) is 8.23. The van der Waals surface area contributed by atoms with E-state index in [0.29, 0.717) is 31.6 Å².